The van der Waals surface area contributed by atoms with Gasteiger partial charge in [0.15, 0.2) is 0 Å². The molecule has 1 aromatic rings. The highest BCUT2D eigenvalue weighted by Gasteiger charge is 2.30. The van der Waals surface area contributed by atoms with Crippen molar-refractivity contribution in [2.24, 2.45) is 11.8 Å². The number of hydrogen-bond acceptors (Lipinski definition) is 2. The zero-order chi connectivity index (χ0) is 19.1. The van der Waals surface area contributed by atoms with Crippen molar-refractivity contribution in [3.8, 4) is 0 Å². The molecular weight excluding hydrogens is 360 g/mol. The fourth-order valence-corrected chi connectivity index (χ4v) is 4.44. The number of halogens is 1. The third-order valence-corrected chi connectivity index (χ3v) is 6.30. The molecule has 0 unspecified atom stereocenters. The lowest BCUT2D eigenvalue weighted by Crippen LogP contribution is -2.42. The second-order valence-corrected chi connectivity index (χ2v) is 8.50. The van der Waals surface area contributed by atoms with E-state index in [-0.39, 0.29) is 23.7 Å². The molecule has 0 aliphatic heterocycles. The van der Waals surface area contributed by atoms with Crippen LogP contribution < -0.4 is 10.6 Å². The van der Waals surface area contributed by atoms with Gasteiger partial charge in [0.05, 0.1) is 0 Å². The minimum atomic E-state index is 0.0500. The van der Waals surface area contributed by atoms with Crippen molar-refractivity contribution in [1.82, 2.24) is 10.6 Å². The van der Waals surface area contributed by atoms with Crippen LogP contribution in [0.25, 0.3) is 0 Å². The highest BCUT2D eigenvalue weighted by atomic mass is 35.5. The zero-order valence-electron chi connectivity index (χ0n) is 16.0. The predicted octanol–water partition coefficient (Wildman–Crippen LogP) is 4.25. The number of amides is 2. The van der Waals surface area contributed by atoms with E-state index in [1.807, 2.05) is 24.3 Å². The van der Waals surface area contributed by atoms with E-state index >= 15 is 0 Å². The minimum Gasteiger partial charge on any atom is -0.356 e. The van der Waals surface area contributed by atoms with Crippen molar-refractivity contribution in [2.75, 3.05) is 6.54 Å². The monoisotopic (exact) mass is 390 g/mol. The average molecular weight is 391 g/mol. The van der Waals surface area contributed by atoms with Crippen LogP contribution in [0.4, 0.5) is 0 Å². The van der Waals surface area contributed by atoms with Crippen LogP contribution in [0.1, 0.15) is 63.4 Å². The molecule has 2 aliphatic rings. The maximum absolute atomic E-state index is 12.5. The highest BCUT2D eigenvalue weighted by Crippen LogP contribution is 2.29. The van der Waals surface area contributed by atoms with E-state index < -0.39 is 0 Å². The summed E-state index contributed by atoms with van der Waals surface area (Å²) < 4.78 is 0. The number of benzene rings is 1. The molecule has 4 nitrogen and oxygen atoms in total. The molecule has 2 saturated carbocycles. The summed E-state index contributed by atoms with van der Waals surface area (Å²) in [7, 11) is 0. The Morgan fingerprint density at radius 1 is 0.852 bits per heavy atom. The molecule has 2 N–H and O–H groups in total. The highest BCUT2D eigenvalue weighted by molar-refractivity contribution is 6.30. The van der Waals surface area contributed by atoms with Crippen molar-refractivity contribution >= 4 is 23.4 Å². The van der Waals surface area contributed by atoms with E-state index in [0.29, 0.717) is 12.6 Å². The molecule has 0 saturated heterocycles. The fourth-order valence-electron chi connectivity index (χ4n) is 4.31. The van der Waals surface area contributed by atoms with E-state index in [4.69, 9.17) is 11.6 Å². The topological polar surface area (TPSA) is 58.2 Å². The quantitative estimate of drug-likeness (QED) is 0.762. The van der Waals surface area contributed by atoms with Gasteiger partial charge in [-0.05, 0) is 62.6 Å². The lowest BCUT2D eigenvalue weighted by Gasteiger charge is -2.29. The molecular formula is C22H31ClN2O2. The molecule has 27 heavy (non-hydrogen) atoms. The maximum Gasteiger partial charge on any atom is 0.223 e. The first kappa shape index (κ1) is 20.2. The molecule has 0 atom stereocenters. The summed E-state index contributed by atoms with van der Waals surface area (Å²) in [6, 6.07) is 8.10. The molecule has 2 amide bonds. The van der Waals surface area contributed by atoms with E-state index in [1.54, 1.807) is 0 Å². The number of hydrogen-bond donors (Lipinski definition) is 2. The molecule has 0 bridgehead atoms. The molecule has 0 radical (unpaired) electrons. The standard InChI is InChI=1S/C22H31ClN2O2/c23-19-12-6-16(7-13-19)14-15-24-21(26)17-8-10-18(11-9-17)22(27)25-20-4-2-1-3-5-20/h6-7,12-13,17-18,20H,1-5,8-11,14-15H2,(H,24,26)(H,25,27). The van der Waals surface area contributed by atoms with Crippen LogP contribution in [0.3, 0.4) is 0 Å². The van der Waals surface area contributed by atoms with Crippen LogP contribution in [0, 0.1) is 11.8 Å². The summed E-state index contributed by atoms with van der Waals surface area (Å²) in [6.45, 7) is 0.641. The van der Waals surface area contributed by atoms with Gasteiger partial charge in [-0.1, -0.05) is 43.0 Å². The Kier molecular flexibility index (Phi) is 7.57. The Balaban J connectivity index is 1.34. The van der Waals surface area contributed by atoms with Crippen LogP contribution >= 0.6 is 11.6 Å². The normalized spacial score (nSPS) is 23.6. The summed E-state index contributed by atoms with van der Waals surface area (Å²) in [5.41, 5.74) is 1.17. The first-order valence-corrected chi connectivity index (χ1v) is 10.8. The Hall–Kier alpha value is -1.55. The second kappa shape index (κ2) is 10.1. The first-order valence-electron chi connectivity index (χ1n) is 10.4. The summed E-state index contributed by atoms with van der Waals surface area (Å²) in [6.07, 6.45) is 10.1. The largest absolute Gasteiger partial charge is 0.356 e. The van der Waals surface area contributed by atoms with Gasteiger partial charge in [0, 0.05) is 29.4 Å². The van der Waals surface area contributed by atoms with Crippen molar-refractivity contribution in [3.05, 3.63) is 34.9 Å². The molecule has 3 rings (SSSR count). The summed E-state index contributed by atoms with van der Waals surface area (Å²) >= 11 is 5.89. The molecule has 0 aromatic heterocycles. The third kappa shape index (κ3) is 6.24. The van der Waals surface area contributed by atoms with Crippen molar-refractivity contribution in [2.45, 2.75) is 70.3 Å². The van der Waals surface area contributed by atoms with Gasteiger partial charge in [0.25, 0.3) is 0 Å². The fraction of sp³-hybridized carbons (Fsp3) is 0.636. The number of carbonyl (C=O) groups is 2. The van der Waals surface area contributed by atoms with Gasteiger partial charge in [0.1, 0.15) is 0 Å². The molecule has 2 aliphatic carbocycles. The zero-order valence-corrected chi connectivity index (χ0v) is 16.8. The second-order valence-electron chi connectivity index (χ2n) is 8.06. The van der Waals surface area contributed by atoms with Gasteiger partial charge in [-0.3, -0.25) is 9.59 Å². The van der Waals surface area contributed by atoms with E-state index in [0.717, 1.165) is 50.0 Å². The first-order chi connectivity index (χ1) is 13.1. The lowest BCUT2D eigenvalue weighted by atomic mass is 9.81. The molecule has 148 valence electrons. The van der Waals surface area contributed by atoms with Crippen LogP contribution in [0.5, 0.6) is 0 Å². The van der Waals surface area contributed by atoms with Gasteiger partial charge in [-0.15, -0.1) is 0 Å². The van der Waals surface area contributed by atoms with Crippen LogP contribution in [-0.4, -0.2) is 24.4 Å². The number of carbonyl (C=O) groups excluding carboxylic acids is 2. The van der Waals surface area contributed by atoms with Gasteiger partial charge in [-0.2, -0.15) is 0 Å². The Bertz CT molecular complexity index is 618. The Labute approximate surface area is 167 Å². The van der Waals surface area contributed by atoms with Crippen LogP contribution in [-0.2, 0) is 16.0 Å². The van der Waals surface area contributed by atoms with Crippen LogP contribution in [0.2, 0.25) is 5.02 Å². The third-order valence-electron chi connectivity index (χ3n) is 6.05. The molecule has 1 aromatic carbocycles. The van der Waals surface area contributed by atoms with Crippen LogP contribution in [0.15, 0.2) is 24.3 Å². The summed E-state index contributed by atoms with van der Waals surface area (Å²) in [5, 5.41) is 7.02. The Morgan fingerprint density at radius 3 is 2.07 bits per heavy atom. The number of rotatable bonds is 6. The van der Waals surface area contributed by atoms with Gasteiger partial charge in [0.2, 0.25) is 11.8 Å². The Morgan fingerprint density at radius 2 is 1.44 bits per heavy atom. The number of nitrogens with one attached hydrogen (secondary N) is 2. The predicted molar refractivity (Wildman–Crippen MR) is 109 cm³/mol. The van der Waals surface area contributed by atoms with Gasteiger partial charge >= 0.3 is 0 Å². The van der Waals surface area contributed by atoms with Gasteiger partial charge in [-0.25, -0.2) is 0 Å². The van der Waals surface area contributed by atoms with Gasteiger partial charge < -0.3 is 10.6 Å². The minimum absolute atomic E-state index is 0.0500. The van der Waals surface area contributed by atoms with Crippen molar-refractivity contribution in [3.63, 3.8) is 0 Å². The molecule has 0 heterocycles. The average Bonchev–Trinajstić information content (AvgIpc) is 2.70. The lowest BCUT2D eigenvalue weighted by molar-refractivity contribution is -0.131. The maximum atomic E-state index is 12.5. The molecule has 2 fully saturated rings. The molecule has 5 heteroatoms. The smallest absolute Gasteiger partial charge is 0.223 e. The van der Waals surface area contributed by atoms with Crippen molar-refractivity contribution in [1.29, 1.82) is 0 Å². The van der Waals surface area contributed by atoms with Crippen molar-refractivity contribution < 1.29 is 9.59 Å². The SMILES string of the molecule is O=C(NCCc1ccc(Cl)cc1)C1CCC(C(=O)NC2CCCCC2)CC1. The molecule has 0 spiro atoms. The summed E-state index contributed by atoms with van der Waals surface area (Å²) in [5.74, 6) is 0.484. The van der Waals surface area contributed by atoms with E-state index in [9.17, 15) is 9.59 Å². The van der Waals surface area contributed by atoms with E-state index in [1.165, 1.54) is 24.8 Å². The summed E-state index contributed by atoms with van der Waals surface area (Å²) in [4.78, 5) is 24.9. The van der Waals surface area contributed by atoms with E-state index in [2.05, 4.69) is 10.6 Å².